The highest BCUT2D eigenvalue weighted by atomic mass is 79.9. The molecule has 0 aliphatic carbocycles. The SMILES string of the molecule is Nc1c(-c2cccc3[nH]ncc23)cc(Br)c2nc(-c3ccncc3)[nH]c(=O)c12. The lowest BCUT2D eigenvalue weighted by atomic mass is 9.98. The first kappa shape index (κ1) is 16.6. The van der Waals surface area contributed by atoms with Crippen LogP contribution in [0.4, 0.5) is 5.69 Å². The zero-order valence-corrected chi connectivity index (χ0v) is 16.0. The molecule has 5 rings (SSSR count). The molecule has 0 fully saturated rings. The van der Waals surface area contributed by atoms with Crippen LogP contribution in [0.1, 0.15) is 0 Å². The second-order valence-electron chi connectivity index (χ2n) is 6.33. The van der Waals surface area contributed by atoms with E-state index in [0.717, 1.165) is 27.6 Å². The summed E-state index contributed by atoms with van der Waals surface area (Å²) in [4.78, 5) is 24.4. The molecule has 0 aliphatic heterocycles. The number of aromatic amines is 2. The minimum atomic E-state index is -0.295. The third-order valence-corrected chi connectivity index (χ3v) is 5.31. The van der Waals surface area contributed by atoms with E-state index >= 15 is 0 Å². The van der Waals surface area contributed by atoms with Crippen LogP contribution in [0.15, 0.2) is 64.3 Å². The van der Waals surface area contributed by atoms with E-state index in [0.29, 0.717) is 26.9 Å². The molecule has 0 radical (unpaired) electrons. The highest BCUT2D eigenvalue weighted by Crippen LogP contribution is 2.38. The van der Waals surface area contributed by atoms with Crippen LogP contribution in [-0.2, 0) is 0 Å². The number of H-pyrrole nitrogens is 2. The molecule has 0 atom stereocenters. The van der Waals surface area contributed by atoms with Crippen molar-refractivity contribution in [2.75, 3.05) is 5.73 Å². The van der Waals surface area contributed by atoms with Crippen LogP contribution in [0.2, 0.25) is 0 Å². The van der Waals surface area contributed by atoms with Crippen LogP contribution < -0.4 is 11.3 Å². The Balaban J connectivity index is 1.81. The van der Waals surface area contributed by atoms with Gasteiger partial charge in [-0.3, -0.25) is 14.9 Å². The van der Waals surface area contributed by atoms with Crippen molar-refractivity contribution in [3.63, 3.8) is 0 Å². The second kappa shape index (κ2) is 6.28. The maximum atomic E-state index is 12.9. The topological polar surface area (TPSA) is 113 Å². The molecule has 2 aromatic carbocycles. The first-order valence-electron chi connectivity index (χ1n) is 8.48. The van der Waals surface area contributed by atoms with Gasteiger partial charge in [-0.15, -0.1) is 0 Å². The van der Waals surface area contributed by atoms with E-state index in [1.165, 1.54) is 0 Å². The summed E-state index contributed by atoms with van der Waals surface area (Å²) in [7, 11) is 0. The second-order valence-corrected chi connectivity index (χ2v) is 7.18. The molecule has 0 saturated carbocycles. The third-order valence-electron chi connectivity index (χ3n) is 4.70. The van der Waals surface area contributed by atoms with Gasteiger partial charge in [-0.05, 0) is 45.8 Å². The largest absolute Gasteiger partial charge is 0.398 e. The van der Waals surface area contributed by atoms with Crippen LogP contribution in [-0.4, -0.2) is 25.1 Å². The van der Waals surface area contributed by atoms with Gasteiger partial charge < -0.3 is 10.7 Å². The fourth-order valence-electron chi connectivity index (χ4n) is 3.38. The van der Waals surface area contributed by atoms with E-state index in [9.17, 15) is 4.79 Å². The Morgan fingerprint density at radius 1 is 1.07 bits per heavy atom. The van der Waals surface area contributed by atoms with Crippen molar-refractivity contribution in [3.05, 3.63) is 69.8 Å². The number of nitrogen functional groups attached to an aromatic ring is 1. The Labute approximate surface area is 166 Å². The van der Waals surface area contributed by atoms with Gasteiger partial charge in [0.1, 0.15) is 5.82 Å². The summed E-state index contributed by atoms with van der Waals surface area (Å²) >= 11 is 3.57. The number of fused-ring (bicyclic) bond motifs is 2. The molecule has 0 bridgehead atoms. The van der Waals surface area contributed by atoms with Crippen LogP contribution in [0.5, 0.6) is 0 Å². The van der Waals surface area contributed by atoms with Crippen LogP contribution in [0, 0.1) is 0 Å². The Morgan fingerprint density at radius 2 is 1.89 bits per heavy atom. The lowest BCUT2D eigenvalue weighted by Crippen LogP contribution is -2.12. The quantitative estimate of drug-likeness (QED) is 0.366. The lowest BCUT2D eigenvalue weighted by molar-refractivity contribution is 1.12. The first-order chi connectivity index (χ1) is 13.6. The zero-order chi connectivity index (χ0) is 19.3. The molecule has 28 heavy (non-hydrogen) atoms. The molecule has 0 unspecified atom stereocenters. The van der Waals surface area contributed by atoms with Crippen molar-refractivity contribution < 1.29 is 0 Å². The predicted molar refractivity (Wildman–Crippen MR) is 113 cm³/mol. The smallest absolute Gasteiger partial charge is 0.261 e. The van der Waals surface area contributed by atoms with Crippen molar-refractivity contribution in [2.45, 2.75) is 0 Å². The van der Waals surface area contributed by atoms with E-state index in [-0.39, 0.29) is 5.56 Å². The number of hydrogen-bond acceptors (Lipinski definition) is 5. The normalized spacial score (nSPS) is 11.3. The van der Waals surface area contributed by atoms with Gasteiger partial charge in [-0.1, -0.05) is 12.1 Å². The number of anilines is 1. The zero-order valence-electron chi connectivity index (χ0n) is 14.4. The Morgan fingerprint density at radius 3 is 2.71 bits per heavy atom. The molecule has 0 aliphatic rings. The van der Waals surface area contributed by atoms with Gasteiger partial charge in [-0.25, -0.2) is 4.98 Å². The molecule has 3 aromatic heterocycles. The van der Waals surface area contributed by atoms with Crippen molar-refractivity contribution >= 4 is 43.4 Å². The number of benzene rings is 2. The van der Waals surface area contributed by atoms with E-state index in [1.807, 2.05) is 24.3 Å². The average Bonchev–Trinajstić information content (AvgIpc) is 3.20. The van der Waals surface area contributed by atoms with Crippen molar-refractivity contribution in [1.82, 2.24) is 25.1 Å². The van der Waals surface area contributed by atoms with E-state index in [4.69, 9.17) is 5.73 Å². The molecular weight excluding hydrogens is 420 g/mol. The molecule has 8 heteroatoms. The van der Waals surface area contributed by atoms with Crippen LogP contribution in [0.3, 0.4) is 0 Å². The average molecular weight is 433 g/mol. The predicted octanol–water partition coefficient (Wildman–Crippen LogP) is 3.87. The summed E-state index contributed by atoms with van der Waals surface area (Å²) < 4.78 is 0.689. The first-order valence-corrected chi connectivity index (χ1v) is 9.27. The number of halogens is 1. The highest BCUT2D eigenvalue weighted by molar-refractivity contribution is 9.10. The summed E-state index contributed by atoms with van der Waals surface area (Å²) in [5, 5.41) is 8.33. The summed E-state index contributed by atoms with van der Waals surface area (Å²) in [6, 6.07) is 11.3. The molecular formula is C20H13BrN6O. The minimum Gasteiger partial charge on any atom is -0.398 e. The number of rotatable bonds is 2. The molecule has 0 saturated heterocycles. The van der Waals surface area contributed by atoms with E-state index in [1.54, 1.807) is 30.7 Å². The number of hydrogen-bond donors (Lipinski definition) is 3. The van der Waals surface area contributed by atoms with Gasteiger partial charge in [-0.2, -0.15) is 5.10 Å². The van der Waals surface area contributed by atoms with E-state index < -0.39 is 0 Å². The number of nitrogens with one attached hydrogen (secondary N) is 2. The van der Waals surface area contributed by atoms with E-state index in [2.05, 4.69) is 41.1 Å². The Hall–Kier alpha value is -3.52. The number of nitrogens with two attached hydrogens (primary N) is 1. The Bertz CT molecular complexity index is 1410. The summed E-state index contributed by atoms with van der Waals surface area (Å²) in [5.41, 5.74) is 10.3. The third kappa shape index (κ3) is 2.49. The molecule has 4 N–H and O–H groups in total. The van der Waals surface area contributed by atoms with Gasteiger partial charge in [0.25, 0.3) is 5.56 Å². The van der Waals surface area contributed by atoms with Crippen molar-refractivity contribution in [3.8, 4) is 22.5 Å². The maximum absolute atomic E-state index is 12.9. The fourth-order valence-corrected chi connectivity index (χ4v) is 3.89. The number of nitrogens with zero attached hydrogens (tertiary/aromatic N) is 3. The summed E-state index contributed by atoms with van der Waals surface area (Å²) in [6.45, 7) is 0. The van der Waals surface area contributed by atoms with Crippen LogP contribution in [0.25, 0.3) is 44.3 Å². The van der Waals surface area contributed by atoms with Gasteiger partial charge in [0, 0.05) is 33.4 Å². The number of pyridine rings is 1. The summed E-state index contributed by atoms with van der Waals surface area (Å²) in [5.74, 6) is 0.463. The maximum Gasteiger partial charge on any atom is 0.261 e. The van der Waals surface area contributed by atoms with Gasteiger partial charge in [0.05, 0.1) is 28.3 Å². The minimum absolute atomic E-state index is 0.295. The number of aromatic nitrogens is 5. The fraction of sp³-hybridized carbons (Fsp3) is 0. The van der Waals surface area contributed by atoms with Crippen molar-refractivity contribution in [1.29, 1.82) is 0 Å². The summed E-state index contributed by atoms with van der Waals surface area (Å²) in [6.07, 6.45) is 5.05. The highest BCUT2D eigenvalue weighted by Gasteiger charge is 2.17. The molecule has 136 valence electrons. The molecule has 7 nitrogen and oxygen atoms in total. The Kier molecular flexibility index (Phi) is 3.73. The monoisotopic (exact) mass is 432 g/mol. The molecule has 0 amide bonds. The molecule has 3 heterocycles. The molecule has 0 spiro atoms. The van der Waals surface area contributed by atoms with Gasteiger partial charge >= 0.3 is 0 Å². The van der Waals surface area contributed by atoms with Crippen LogP contribution >= 0.6 is 15.9 Å². The van der Waals surface area contributed by atoms with Gasteiger partial charge in [0.15, 0.2) is 0 Å². The standard InChI is InChI=1S/C20H13BrN6O/c21-14-8-12(11-2-1-3-15-13(11)9-24-27-15)17(22)16-18(14)25-19(26-20(16)28)10-4-6-23-7-5-10/h1-9H,22H2,(H,24,27)(H,25,26,28). The van der Waals surface area contributed by atoms with Gasteiger partial charge in [0.2, 0.25) is 0 Å². The van der Waals surface area contributed by atoms with Crippen molar-refractivity contribution in [2.24, 2.45) is 0 Å². The molecule has 5 aromatic rings. The lowest BCUT2D eigenvalue weighted by Gasteiger charge is -2.12.